The van der Waals surface area contributed by atoms with E-state index in [-0.39, 0.29) is 0 Å². The first-order chi connectivity index (χ1) is 5.33. The van der Waals surface area contributed by atoms with Crippen LogP contribution in [0, 0.1) is 5.92 Å². The van der Waals surface area contributed by atoms with Gasteiger partial charge in [-0.25, -0.2) is 0 Å². The Labute approximate surface area is 70.0 Å². The summed E-state index contributed by atoms with van der Waals surface area (Å²) < 4.78 is 0. The van der Waals surface area contributed by atoms with Crippen molar-refractivity contribution in [1.82, 2.24) is 0 Å². The molecule has 1 unspecified atom stereocenters. The lowest BCUT2D eigenvalue weighted by Crippen LogP contribution is -1.99. The van der Waals surface area contributed by atoms with Crippen LogP contribution in [-0.4, -0.2) is 0 Å². The van der Waals surface area contributed by atoms with Crippen LogP contribution in [0.2, 0.25) is 0 Å². The molecule has 0 aromatic rings. The minimum Gasteiger partial charge on any atom is -0.103 e. The summed E-state index contributed by atoms with van der Waals surface area (Å²) in [6.45, 7) is 6.10. The van der Waals surface area contributed by atoms with Gasteiger partial charge < -0.3 is 0 Å². The van der Waals surface area contributed by atoms with E-state index < -0.39 is 0 Å². The highest BCUT2D eigenvalue weighted by Gasteiger charge is 2.06. The summed E-state index contributed by atoms with van der Waals surface area (Å²) in [5.74, 6) is 0.777. The summed E-state index contributed by atoms with van der Waals surface area (Å²) in [5, 5.41) is 0. The highest BCUT2D eigenvalue weighted by Crippen LogP contribution is 2.22. The van der Waals surface area contributed by atoms with E-state index in [2.05, 4.69) is 25.7 Å². The van der Waals surface area contributed by atoms with Crippen molar-refractivity contribution < 1.29 is 0 Å². The smallest absolute Gasteiger partial charge is 0.0233 e. The van der Waals surface area contributed by atoms with Crippen LogP contribution in [0.1, 0.15) is 39.0 Å². The summed E-state index contributed by atoms with van der Waals surface area (Å²) in [5.41, 5.74) is 1.57. The van der Waals surface area contributed by atoms with Crippen molar-refractivity contribution in [2.24, 2.45) is 5.92 Å². The van der Waals surface area contributed by atoms with Gasteiger partial charge in [-0.05, 0) is 44.9 Å². The molecule has 1 aliphatic rings. The average Bonchev–Trinajstić information content (AvgIpc) is 1.98. The molecule has 1 aliphatic carbocycles. The zero-order valence-corrected chi connectivity index (χ0v) is 7.47. The standard InChI is InChI=1S/C11H18/c1-3-11-7-5-4-6-10(2)8-9-11/h3,6,11H,1,4-5,7-9H2,2H3/b10-6-. The van der Waals surface area contributed by atoms with Crippen LogP contribution in [0.3, 0.4) is 0 Å². The van der Waals surface area contributed by atoms with Crippen LogP contribution in [-0.2, 0) is 0 Å². The van der Waals surface area contributed by atoms with Gasteiger partial charge in [0.1, 0.15) is 0 Å². The number of hydrogen-bond donors (Lipinski definition) is 0. The number of hydrogen-bond acceptors (Lipinski definition) is 0. The first-order valence-corrected chi connectivity index (χ1v) is 4.61. The van der Waals surface area contributed by atoms with Gasteiger partial charge in [-0.3, -0.25) is 0 Å². The molecule has 0 nitrogen and oxygen atoms in total. The molecular weight excluding hydrogens is 132 g/mol. The molecule has 0 aliphatic heterocycles. The van der Waals surface area contributed by atoms with Crippen molar-refractivity contribution in [3.63, 3.8) is 0 Å². The van der Waals surface area contributed by atoms with Gasteiger partial charge in [0.05, 0.1) is 0 Å². The largest absolute Gasteiger partial charge is 0.103 e. The molecule has 0 spiro atoms. The van der Waals surface area contributed by atoms with E-state index in [1.807, 2.05) is 0 Å². The molecule has 0 saturated carbocycles. The summed E-state index contributed by atoms with van der Waals surface area (Å²) in [6, 6.07) is 0. The van der Waals surface area contributed by atoms with E-state index in [9.17, 15) is 0 Å². The van der Waals surface area contributed by atoms with E-state index in [1.54, 1.807) is 5.57 Å². The lowest BCUT2D eigenvalue weighted by Gasteiger charge is -2.14. The molecule has 0 amide bonds. The lowest BCUT2D eigenvalue weighted by molar-refractivity contribution is 0.513. The fraction of sp³-hybridized carbons (Fsp3) is 0.636. The first-order valence-electron chi connectivity index (χ1n) is 4.61. The third-order valence-electron chi connectivity index (χ3n) is 2.51. The zero-order chi connectivity index (χ0) is 8.10. The monoisotopic (exact) mass is 150 g/mol. The van der Waals surface area contributed by atoms with Crippen molar-refractivity contribution in [1.29, 1.82) is 0 Å². The highest BCUT2D eigenvalue weighted by atomic mass is 14.1. The van der Waals surface area contributed by atoms with Crippen molar-refractivity contribution in [3.8, 4) is 0 Å². The van der Waals surface area contributed by atoms with E-state index in [0.29, 0.717) is 0 Å². The van der Waals surface area contributed by atoms with Gasteiger partial charge >= 0.3 is 0 Å². The van der Waals surface area contributed by atoms with Crippen LogP contribution in [0.5, 0.6) is 0 Å². The Morgan fingerprint density at radius 3 is 3.09 bits per heavy atom. The van der Waals surface area contributed by atoms with E-state index >= 15 is 0 Å². The molecule has 0 heterocycles. The molecule has 0 bridgehead atoms. The quantitative estimate of drug-likeness (QED) is 0.500. The Balaban J connectivity index is 2.44. The van der Waals surface area contributed by atoms with Gasteiger partial charge in [0.25, 0.3) is 0 Å². The van der Waals surface area contributed by atoms with Gasteiger partial charge in [0.15, 0.2) is 0 Å². The Hall–Kier alpha value is -0.520. The second kappa shape index (κ2) is 4.38. The third-order valence-corrected chi connectivity index (χ3v) is 2.51. The van der Waals surface area contributed by atoms with Crippen LogP contribution in [0.15, 0.2) is 24.3 Å². The predicted molar refractivity (Wildman–Crippen MR) is 50.5 cm³/mol. The van der Waals surface area contributed by atoms with Crippen LogP contribution in [0.4, 0.5) is 0 Å². The number of rotatable bonds is 1. The Kier molecular flexibility index (Phi) is 3.41. The van der Waals surface area contributed by atoms with Gasteiger partial charge in [-0.2, -0.15) is 0 Å². The molecule has 0 radical (unpaired) electrons. The molecule has 0 heteroatoms. The van der Waals surface area contributed by atoms with E-state index in [0.717, 1.165) is 5.92 Å². The molecule has 0 N–H and O–H groups in total. The molecule has 0 fully saturated rings. The van der Waals surface area contributed by atoms with Gasteiger partial charge in [-0.1, -0.05) is 17.7 Å². The molecule has 11 heavy (non-hydrogen) atoms. The maximum Gasteiger partial charge on any atom is -0.0233 e. The second-order valence-electron chi connectivity index (χ2n) is 3.52. The second-order valence-corrected chi connectivity index (χ2v) is 3.52. The third kappa shape index (κ3) is 2.92. The normalized spacial score (nSPS) is 31.4. The maximum atomic E-state index is 3.86. The molecule has 1 atom stereocenters. The van der Waals surface area contributed by atoms with Crippen molar-refractivity contribution in [2.45, 2.75) is 39.0 Å². The van der Waals surface area contributed by atoms with Crippen molar-refractivity contribution >= 4 is 0 Å². The maximum absolute atomic E-state index is 3.86. The molecule has 0 aromatic carbocycles. The van der Waals surface area contributed by atoms with Crippen molar-refractivity contribution in [2.75, 3.05) is 0 Å². The van der Waals surface area contributed by atoms with Crippen molar-refractivity contribution in [3.05, 3.63) is 24.3 Å². The lowest BCUT2D eigenvalue weighted by atomic mass is 9.92. The number of allylic oxidation sites excluding steroid dienone is 3. The topological polar surface area (TPSA) is 0 Å². The first kappa shape index (κ1) is 8.58. The molecule has 0 aromatic heterocycles. The Morgan fingerprint density at radius 1 is 1.55 bits per heavy atom. The predicted octanol–water partition coefficient (Wildman–Crippen LogP) is 3.70. The van der Waals surface area contributed by atoms with Gasteiger partial charge in [0, 0.05) is 0 Å². The summed E-state index contributed by atoms with van der Waals surface area (Å²) in [4.78, 5) is 0. The van der Waals surface area contributed by atoms with Gasteiger partial charge in [0.2, 0.25) is 0 Å². The summed E-state index contributed by atoms with van der Waals surface area (Å²) in [6.07, 6.45) is 11.1. The van der Waals surface area contributed by atoms with E-state index in [1.165, 1.54) is 32.1 Å². The van der Waals surface area contributed by atoms with Gasteiger partial charge in [-0.15, -0.1) is 6.58 Å². The molecule has 1 rings (SSSR count). The molecular formula is C11H18. The fourth-order valence-electron chi connectivity index (χ4n) is 1.62. The van der Waals surface area contributed by atoms with Crippen LogP contribution in [0.25, 0.3) is 0 Å². The van der Waals surface area contributed by atoms with E-state index in [4.69, 9.17) is 0 Å². The van der Waals surface area contributed by atoms with Crippen LogP contribution < -0.4 is 0 Å². The minimum atomic E-state index is 0.777. The Morgan fingerprint density at radius 2 is 2.36 bits per heavy atom. The Bertz CT molecular complexity index is 153. The van der Waals surface area contributed by atoms with Crippen LogP contribution >= 0.6 is 0 Å². The molecule has 62 valence electrons. The SMILES string of the molecule is C=CC1CCC/C=C(/C)CC1. The summed E-state index contributed by atoms with van der Waals surface area (Å²) in [7, 11) is 0. The zero-order valence-electron chi connectivity index (χ0n) is 7.47. The highest BCUT2D eigenvalue weighted by molar-refractivity contribution is 5.00. The fourth-order valence-corrected chi connectivity index (χ4v) is 1.62. The minimum absolute atomic E-state index is 0.777. The average molecular weight is 150 g/mol. The summed E-state index contributed by atoms with van der Waals surface area (Å²) >= 11 is 0. The molecule has 0 saturated heterocycles.